The first-order chi connectivity index (χ1) is 37.3. The third kappa shape index (κ3) is 8.94. The summed E-state index contributed by atoms with van der Waals surface area (Å²) in [5.41, 5.74) is 9.35. The van der Waals surface area contributed by atoms with Gasteiger partial charge in [-0.15, -0.1) is 11.3 Å². The summed E-state index contributed by atoms with van der Waals surface area (Å²) in [7, 11) is 0. The van der Waals surface area contributed by atoms with Crippen LogP contribution in [0.2, 0.25) is 0 Å². The zero-order chi connectivity index (χ0) is 52.9. The van der Waals surface area contributed by atoms with Gasteiger partial charge in [-0.25, -0.2) is 4.98 Å². The summed E-state index contributed by atoms with van der Waals surface area (Å²) in [6, 6.07) is 19.7. The molecule has 1 aliphatic carbocycles. The van der Waals surface area contributed by atoms with Crippen LogP contribution in [0.15, 0.2) is 76.9 Å². The van der Waals surface area contributed by atoms with Crippen LogP contribution >= 0.6 is 11.3 Å². The van der Waals surface area contributed by atoms with Crippen LogP contribution in [0.5, 0.6) is 17.6 Å². The topological polar surface area (TPSA) is 204 Å². The number of pyridine rings is 1. The number of piperazine rings is 1. The van der Waals surface area contributed by atoms with Crippen molar-refractivity contribution in [1.82, 2.24) is 45.5 Å². The highest BCUT2D eigenvalue weighted by Gasteiger charge is 2.48. The highest BCUT2D eigenvalue weighted by atomic mass is 32.1. The molecule has 0 saturated carbocycles. The number of aliphatic hydroxyl groups is 1. The Morgan fingerprint density at radius 2 is 1.81 bits per heavy atom. The van der Waals surface area contributed by atoms with Gasteiger partial charge in [0.2, 0.25) is 11.8 Å². The Morgan fingerprint density at radius 3 is 2.58 bits per heavy atom. The molecule has 9 atom stereocenters. The van der Waals surface area contributed by atoms with Gasteiger partial charge in [0.05, 0.1) is 50.4 Å². The van der Waals surface area contributed by atoms with Gasteiger partial charge in [-0.1, -0.05) is 63.2 Å². The fraction of sp³-hybridized carbons (Fsp3) is 0.475. The van der Waals surface area contributed by atoms with Crippen molar-refractivity contribution in [3.63, 3.8) is 0 Å². The SMILES string of the molecule is Cc1ncsc1-c1ccc([C@H](C)NC(=O)[C@@H]2C[C@@H](O)CN2C(=O)[C@@H](c2cc(O[C@@H]3CC[C@@]4(COc5nc(N6CC7CCC(C6)N7)c6cnc7c(c6n5)C(C)c5cccc6cc(O)cc-7c56)CCCN4C3)no2)C(C)C)cc1. The molecular formula is C59H66N10O7S. The number of hydrogen-bond acceptors (Lipinski definition) is 16. The van der Waals surface area contributed by atoms with Gasteiger partial charge < -0.3 is 44.6 Å². The summed E-state index contributed by atoms with van der Waals surface area (Å²) in [6.45, 7) is 13.7. The second-order valence-corrected chi connectivity index (χ2v) is 23.8. The van der Waals surface area contributed by atoms with Crippen LogP contribution in [-0.2, 0) is 9.59 Å². The molecule has 0 spiro atoms. The number of benzene rings is 3. The number of aliphatic hydroxyl groups excluding tert-OH is 1. The van der Waals surface area contributed by atoms with Gasteiger partial charge >= 0.3 is 6.01 Å². The molecule has 18 heteroatoms. The second-order valence-electron chi connectivity index (χ2n) is 23.0. The van der Waals surface area contributed by atoms with E-state index in [9.17, 15) is 19.8 Å². The standard InChI is InChI=1S/C59H66N10O7S/c1-31(2)49(57(73)69-27-41(71)22-46(69)56(72)62-33(4)35-10-12-36(13-11-35)54-34(5)61-30-77-54)47-23-48(66-76-47)75-42-16-18-59(17-7-19-68(59)28-42)29-74-58-64-53-45(55(65-58)67-25-38-14-15-39(26-67)63-38)24-60-52-44-21-40(70)20-37-8-6-9-43(51(37)44)32(3)50(52)53/h6,8-13,20-21,23-24,30-33,38-39,41-42,46,49,63,70-71H,7,14-19,22,25-29H2,1-5H3,(H,62,72)/t32?,33-,38?,39?,41+,42+,46-,49+,59+/m0/s1. The molecule has 3 unspecified atom stereocenters. The van der Waals surface area contributed by atoms with Crippen molar-refractivity contribution in [2.75, 3.05) is 44.2 Å². The molecule has 9 heterocycles. The number of carbonyl (C=O) groups is 2. The van der Waals surface area contributed by atoms with Gasteiger partial charge in [-0.3, -0.25) is 19.5 Å². The van der Waals surface area contributed by atoms with Crippen molar-refractivity contribution in [1.29, 1.82) is 0 Å². The molecule has 4 N–H and O–H groups in total. The lowest BCUT2D eigenvalue weighted by Gasteiger charge is -2.44. The number of rotatable bonds is 13. The molecule has 77 heavy (non-hydrogen) atoms. The monoisotopic (exact) mass is 1060 g/mol. The minimum Gasteiger partial charge on any atom is -0.508 e. The number of β-amino-alcohol motifs (C(OH)–C–C–N with tert-alkyl or cyclic N) is 1. The van der Waals surface area contributed by atoms with Crippen LogP contribution in [-0.4, -0.2) is 132 Å². The molecular weight excluding hydrogens is 993 g/mol. The number of amides is 2. The van der Waals surface area contributed by atoms with Crippen molar-refractivity contribution < 1.29 is 33.8 Å². The second kappa shape index (κ2) is 19.6. The maximum Gasteiger partial charge on any atom is 0.319 e. The maximum atomic E-state index is 14.5. The third-order valence-electron chi connectivity index (χ3n) is 17.6. The molecule has 5 aliphatic heterocycles. The molecule has 3 aromatic carbocycles. The van der Waals surface area contributed by atoms with Crippen LogP contribution in [0, 0.1) is 12.8 Å². The fourth-order valence-corrected chi connectivity index (χ4v) is 14.5. The van der Waals surface area contributed by atoms with Crippen molar-refractivity contribution >= 4 is 50.6 Å². The summed E-state index contributed by atoms with van der Waals surface area (Å²) in [5, 5.41) is 36.0. The van der Waals surface area contributed by atoms with Crippen molar-refractivity contribution in [2.24, 2.45) is 5.92 Å². The van der Waals surface area contributed by atoms with E-state index < -0.39 is 18.1 Å². The van der Waals surface area contributed by atoms with Gasteiger partial charge in [0, 0.05) is 74.0 Å². The van der Waals surface area contributed by atoms with Crippen molar-refractivity contribution in [3.8, 4) is 39.3 Å². The minimum atomic E-state index is -0.848. The summed E-state index contributed by atoms with van der Waals surface area (Å²) >= 11 is 1.59. The number of aryl methyl sites for hydroxylation is 1. The number of hydrogen-bond donors (Lipinski definition) is 4. The normalized spacial score (nSPS) is 25.5. The van der Waals surface area contributed by atoms with E-state index >= 15 is 0 Å². The molecule has 6 aliphatic rings. The van der Waals surface area contributed by atoms with E-state index in [4.69, 9.17) is 28.9 Å². The van der Waals surface area contributed by atoms with Gasteiger partial charge in [0.1, 0.15) is 36.2 Å². The van der Waals surface area contributed by atoms with E-state index in [-0.39, 0.29) is 60.0 Å². The molecule has 17 nitrogen and oxygen atoms in total. The summed E-state index contributed by atoms with van der Waals surface area (Å²) in [4.78, 5) is 56.0. The Bertz CT molecular complexity index is 3410. The zero-order valence-electron chi connectivity index (χ0n) is 44.2. The van der Waals surface area contributed by atoms with Crippen LogP contribution in [0.1, 0.15) is 119 Å². The quantitative estimate of drug-likeness (QED) is 0.0856. The predicted molar refractivity (Wildman–Crippen MR) is 293 cm³/mol. The van der Waals surface area contributed by atoms with E-state index in [1.54, 1.807) is 17.4 Å². The Labute approximate surface area is 451 Å². The Balaban J connectivity index is 0.699. The molecule has 13 rings (SSSR count). The number of phenols is 1. The number of thiazole rings is 1. The lowest BCUT2D eigenvalue weighted by atomic mass is 9.79. The average molecular weight is 1060 g/mol. The lowest BCUT2D eigenvalue weighted by molar-refractivity contribution is -0.141. The van der Waals surface area contributed by atoms with Gasteiger partial charge in [-0.05, 0) is 110 Å². The first kappa shape index (κ1) is 49.8. The van der Waals surface area contributed by atoms with Crippen LogP contribution < -0.4 is 25.0 Å². The number of phenolic OH excluding ortho intramolecular Hbond substituents is 1. The summed E-state index contributed by atoms with van der Waals surface area (Å²) in [5.74, 6) is 0.151. The number of aromatic nitrogens is 5. The Morgan fingerprint density at radius 1 is 0.987 bits per heavy atom. The molecule has 5 saturated heterocycles. The smallest absolute Gasteiger partial charge is 0.319 e. The molecule has 4 aromatic heterocycles. The summed E-state index contributed by atoms with van der Waals surface area (Å²) < 4.78 is 19.4. The van der Waals surface area contributed by atoms with E-state index in [1.807, 2.05) is 81.9 Å². The van der Waals surface area contributed by atoms with Crippen LogP contribution in [0.25, 0.3) is 43.4 Å². The molecule has 2 bridgehead atoms. The van der Waals surface area contributed by atoms with Crippen molar-refractivity contribution in [2.45, 2.75) is 133 Å². The number of ether oxygens (including phenoxy) is 2. The van der Waals surface area contributed by atoms with Crippen molar-refractivity contribution in [3.05, 3.63) is 101 Å². The number of piperidine rings is 1. The number of fused-ring (bicyclic) bond motifs is 7. The van der Waals surface area contributed by atoms with Crippen LogP contribution in [0.3, 0.4) is 0 Å². The van der Waals surface area contributed by atoms with Gasteiger partial charge in [0.15, 0.2) is 5.76 Å². The summed E-state index contributed by atoms with van der Waals surface area (Å²) in [6.07, 6.45) is 6.90. The number of nitrogens with zero attached hydrogens (tertiary/aromatic N) is 8. The third-order valence-corrected chi connectivity index (χ3v) is 18.6. The van der Waals surface area contributed by atoms with Crippen LogP contribution in [0.4, 0.5) is 5.82 Å². The minimum absolute atomic E-state index is 0.0115. The molecule has 7 aromatic rings. The van der Waals surface area contributed by atoms with Gasteiger partial charge in [0.25, 0.3) is 5.88 Å². The average Bonchev–Trinajstić information content (AvgIpc) is 4.44. The van der Waals surface area contributed by atoms with E-state index in [2.05, 4.69) is 49.6 Å². The Kier molecular flexibility index (Phi) is 12.7. The van der Waals surface area contributed by atoms with Gasteiger partial charge in [-0.2, -0.15) is 9.97 Å². The fourth-order valence-electron chi connectivity index (χ4n) is 13.7. The molecule has 400 valence electrons. The number of likely N-dealkylation sites (tertiary alicyclic amines) is 1. The highest BCUT2D eigenvalue weighted by Crippen LogP contribution is 2.49. The van der Waals surface area contributed by atoms with E-state index in [0.29, 0.717) is 42.9 Å². The first-order valence-corrected chi connectivity index (χ1v) is 28.4. The zero-order valence-corrected chi connectivity index (χ0v) is 45.1. The number of carbonyl (C=O) groups excluding carboxylic acids is 2. The predicted octanol–water partition coefficient (Wildman–Crippen LogP) is 8.41. The maximum absolute atomic E-state index is 14.5. The lowest BCUT2D eigenvalue weighted by Crippen LogP contribution is -2.56. The number of nitrogens with one attached hydrogen (secondary N) is 2. The first-order valence-electron chi connectivity index (χ1n) is 27.6. The highest BCUT2D eigenvalue weighted by molar-refractivity contribution is 7.13. The van der Waals surface area contributed by atoms with E-state index in [1.165, 1.54) is 10.5 Å². The number of aromatic hydroxyl groups is 1. The molecule has 5 fully saturated rings. The van der Waals surface area contributed by atoms with E-state index in [0.717, 1.165) is 124 Å². The Hall–Kier alpha value is -6.73. The largest absolute Gasteiger partial charge is 0.508 e. The molecule has 0 radical (unpaired) electrons. The number of anilines is 1. The molecule has 2 amide bonds.